The van der Waals surface area contributed by atoms with Crippen LogP contribution in [0.2, 0.25) is 0 Å². The molecular weight excluding hydrogens is 304 g/mol. The van der Waals surface area contributed by atoms with Crippen LogP contribution in [0.1, 0.15) is 24.2 Å². The molecule has 24 heavy (non-hydrogen) atoms. The first-order chi connectivity index (χ1) is 11.5. The number of aromatic amines is 1. The van der Waals surface area contributed by atoms with Crippen LogP contribution < -0.4 is 10.6 Å². The highest BCUT2D eigenvalue weighted by Gasteiger charge is 2.29. The number of rotatable bonds is 4. The summed E-state index contributed by atoms with van der Waals surface area (Å²) in [5.74, 6) is -0.587. The summed E-state index contributed by atoms with van der Waals surface area (Å²) in [7, 11) is 0. The van der Waals surface area contributed by atoms with Crippen molar-refractivity contribution < 1.29 is 9.59 Å². The summed E-state index contributed by atoms with van der Waals surface area (Å²) in [6.07, 6.45) is 1.69. The summed E-state index contributed by atoms with van der Waals surface area (Å²) in [6, 6.07) is 14.3. The number of fused-ring (bicyclic) bond motifs is 1. The lowest BCUT2D eigenvalue weighted by molar-refractivity contribution is -0.120. The Morgan fingerprint density at radius 3 is 2.58 bits per heavy atom. The lowest BCUT2D eigenvalue weighted by Gasteiger charge is -2.25. The fraction of sp³-hybridized carbons (Fsp3) is 0.167. The predicted octanol–water partition coefficient (Wildman–Crippen LogP) is 2.71. The second-order valence-corrected chi connectivity index (χ2v) is 6.07. The van der Waals surface area contributed by atoms with Gasteiger partial charge in [0, 0.05) is 16.6 Å². The zero-order valence-corrected chi connectivity index (χ0v) is 13.5. The lowest BCUT2D eigenvalue weighted by Crippen LogP contribution is -2.52. The van der Waals surface area contributed by atoms with E-state index in [-0.39, 0.29) is 11.8 Å². The smallest absolute Gasteiger partial charge is 0.252 e. The van der Waals surface area contributed by atoms with Gasteiger partial charge in [0.05, 0.1) is 11.7 Å². The molecule has 0 bridgehead atoms. The van der Waals surface area contributed by atoms with E-state index in [9.17, 15) is 9.59 Å². The van der Waals surface area contributed by atoms with Crippen molar-refractivity contribution in [2.45, 2.75) is 19.4 Å². The summed E-state index contributed by atoms with van der Waals surface area (Å²) < 4.78 is 0. The second-order valence-electron chi connectivity index (χ2n) is 6.07. The van der Waals surface area contributed by atoms with E-state index >= 15 is 0 Å². The van der Waals surface area contributed by atoms with Crippen LogP contribution in [0.3, 0.4) is 0 Å². The van der Waals surface area contributed by atoms with Gasteiger partial charge < -0.3 is 10.6 Å². The molecule has 0 spiro atoms. The molecule has 3 rings (SSSR count). The summed E-state index contributed by atoms with van der Waals surface area (Å²) >= 11 is 0. The van der Waals surface area contributed by atoms with Crippen LogP contribution >= 0.6 is 0 Å². The number of anilines is 1. The zero-order chi connectivity index (χ0) is 17.2. The first-order valence-corrected chi connectivity index (χ1v) is 7.58. The van der Waals surface area contributed by atoms with Crippen molar-refractivity contribution >= 4 is 28.4 Å². The molecule has 1 aromatic heterocycles. The van der Waals surface area contributed by atoms with E-state index in [0.717, 1.165) is 10.9 Å². The quantitative estimate of drug-likeness (QED) is 0.690. The van der Waals surface area contributed by atoms with Gasteiger partial charge in [-0.3, -0.25) is 14.7 Å². The molecule has 6 heteroatoms. The number of hydrogen-bond donors (Lipinski definition) is 3. The first kappa shape index (κ1) is 15.7. The molecule has 0 aliphatic heterocycles. The Hall–Kier alpha value is -3.15. The van der Waals surface area contributed by atoms with E-state index in [1.807, 2.05) is 18.2 Å². The highest BCUT2D eigenvalue weighted by atomic mass is 16.2. The summed E-state index contributed by atoms with van der Waals surface area (Å²) in [5, 5.41) is 13.3. The van der Waals surface area contributed by atoms with Crippen molar-refractivity contribution in [1.29, 1.82) is 0 Å². The number of carbonyl (C=O) groups excluding carboxylic acids is 2. The third-order valence-electron chi connectivity index (χ3n) is 3.73. The number of nitrogens with one attached hydrogen (secondary N) is 3. The number of amides is 2. The van der Waals surface area contributed by atoms with Crippen molar-refractivity contribution in [3.8, 4) is 0 Å². The van der Waals surface area contributed by atoms with Gasteiger partial charge in [-0.2, -0.15) is 5.10 Å². The predicted molar refractivity (Wildman–Crippen MR) is 92.7 cm³/mol. The molecule has 1 heterocycles. The molecule has 0 unspecified atom stereocenters. The van der Waals surface area contributed by atoms with Crippen LogP contribution in [0, 0.1) is 0 Å². The first-order valence-electron chi connectivity index (χ1n) is 7.58. The molecule has 0 aliphatic carbocycles. The standard InChI is InChI=1S/C18H18N4O2/c1-18(2,21-16(23)12-6-4-3-5-7-12)17(24)20-14-8-9-15-13(10-14)11-19-22-15/h3-11H,1-2H3,(H,19,22)(H,20,24)(H,21,23). The molecule has 0 saturated carbocycles. The maximum atomic E-state index is 12.5. The van der Waals surface area contributed by atoms with Gasteiger partial charge in [-0.25, -0.2) is 0 Å². The fourth-order valence-corrected chi connectivity index (χ4v) is 2.31. The van der Waals surface area contributed by atoms with E-state index in [2.05, 4.69) is 20.8 Å². The van der Waals surface area contributed by atoms with Crippen molar-refractivity contribution in [2.24, 2.45) is 0 Å². The Morgan fingerprint density at radius 1 is 1.08 bits per heavy atom. The highest BCUT2D eigenvalue weighted by molar-refractivity contribution is 6.03. The average Bonchev–Trinajstić information content (AvgIpc) is 3.03. The van der Waals surface area contributed by atoms with Crippen molar-refractivity contribution in [1.82, 2.24) is 15.5 Å². The largest absolute Gasteiger partial charge is 0.338 e. The third-order valence-corrected chi connectivity index (χ3v) is 3.73. The van der Waals surface area contributed by atoms with Crippen LogP contribution in [-0.2, 0) is 4.79 Å². The van der Waals surface area contributed by atoms with E-state index < -0.39 is 5.54 Å². The molecule has 0 radical (unpaired) electrons. The Kier molecular flexibility index (Phi) is 4.04. The number of hydrogen-bond acceptors (Lipinski definition) is 3. The van der Waals surface area contributed by atoms with Gasteiger partial charge in [0.2, 0.25) is 5.91 Å². The Bertz CT molecular complexity index is 884. The SMILES string of the molecule is CC(C)(NC(=O)c1ccccc1)C(=O)Nc1ccc2[nH]ncc2c1. The number of carbonyl (C=O) groups is 2. The lowest BCUT2D eigenvalue weighted by atomic mass is 10.0. The van der Waals surface area contributed by atoms with Gasteiger partial charge in [0.15, 0.2) is 0 Å². The number of benzene rings is 2. The van der Waals surface area contributed by atoms with Gasteiger partial charge >= 0.3 is 0 Å². The fourth-order valence-electron chi connectivity index (χ4n) is 2.31. The molecule has 0 saturated heterocycles. The van der Waals surface area contributed by atoms with Crippen molar-refractivity contribution in [3.63, 3.8) is 0 Å². The zero-order valence-electron chi connectivity index (χ0n) is 13.5. The second kappa shape index (κ2) is 6.16. The Labute approximate surface area is 139 Å². The normalized spacial score (nSPS) is 11.2. The average molecular weight is 322 g/mol. The van der Waals surface area contributed by atoms with Crippen molar-refractivity contribution in [3.05, 3.63) is 60.3 Å². The monoisotopic (exact) mass is 322 g/mol. The van der Waals surface area contributed by atoms with Crippen LogP contribution in [0.4, 0.5) is 5.69 Å². The van der Waals surface area contributed by atoms with Crippen LogP contribution in [-0.4, -0.2) is 27.6 Å². The number of aromatic nitrogens is 2. The molecule has 2 aromatic carbocycles. The van der Waals surface area contributed by atoms with E-state index in [1.165, 1.54) is 0 Å². The van der Waals surface area contributed by atoms with Gasteiger partial charge in [-0.05, 0) is 44.2 Å². The molecule has 0 fully saturated rings. The van der Waals surface area contributed by atoms with Gasteiger partial charge in [0.1, 0.15) is 5.54 Å². The van der Waals surface area contributed by atoms with Crippen molar-refractivity contribution in [2.75, 3.05) is 5.32 Å². The Balaban J connectivity index is 1.71. The maximum Gasteiger partial charge on any atom is 0.252 e. The van der Waals surface area contributed by atoms with Crippen LogP contribution in [0.15, 0.2) is 54.7 Å². The Morgan fingerprint density at radius 2 is 1.83 bits per heavy atom. The molecule has 3 N–H and O–H groups in total. The topological polar surface area (TPSA) is 86.9 Å². The van der Waals surface area contributed by atoms with Gasteiger partial charge in [-0.15, -0.1) is 0 Å². The van der Waals surface area contributed by atoms with E-state index in [1.54, 1.807) is 50.4 Å². The molecule has 6 nitrogen and oxygen atoms in total. The molecule has 122 valence electrons. The molecule has 0 atom stereocenters. The molecule has 0 aliphatic rings. The van der Waals surface area contributed by atoms with Crippen LogP contribution in [0.25, 0.3) is 10.9 Å². The van der Waals surface area contributed by atoms with Gasteiger partial charge in [-0.1, -0.05) is 18.2 Å². The number of H-pyrrole nitrogens is 1. The third kappa shape index (κ3) is 3.27. The minimum atomic E-state index is -1.06. The minimum Gasteiger partial charge on any atom is -0.338 e. The molecular formula is C18H18N4O2. The van der Waals surface area contributed by atoms with Gasteiger partial charge in [0.25, 0.3) is 5.91 Å². The summed E-state index contributed by atoms with van der Waals surface area (Å²) in [5.41, 5.74) is 0.997. The maximum absolute atomic E-state index is 12.5. The molecule has 3 aromatic rings. The minimum absolute atomic E-state index is 0.291. The summed E-state index contributed by atoms with van der Waals surface area (Å²) in [4.78, 5) is 24.8. The van der Waals surface area contributed by atoms with E-state index in [0.29, 0.717) is 11.3 Å². The number of nitrogens with zero attached hydrogens (tertiary/aromatic N) is 1. The summed E-state index contributed by atoms with van der Waals surface area (Å²) in [6.45, 7) is 3.33. The highest BCUT2D eigenvalue weighted by Crippen LogP contribution is 2.18. The molecule has 2 amide bonds. The van der Waals surface area contributed by atoms with E-state index in [4.69, 9.17) is 0 Å². The van der Waals surface area contributed by atoms with Crippen LogP contribution in [0.5, 0.6) is 0 Å².